The van der Waals surface area contributed by atoms with Crippen molar-refractivity contribution in [1.29, 1.82) is 0 Å². The van der Waals surface area contributed by atoms with Gasteiger partial charge in [0.25, 0.3) is 0 Å². The number of benzene rings is 1. The van der Waals surface area contributed by atoms with E-state index >= 15 is 0 Å². The topological polar surface area (TPSA) is 54.9 Å². The van der Waals surface area contributed by atoms with Crippen molar-refractivity contribution < 1.29 is 9.47 Å². The lowest BCUT2D eigenvalue weighted by atomic mass is 10.1. The Bertz CT molecular complexity index is 453. The molecule has 0 unspecified atom stereocenters. The summed E-state index contributed by atoms with van der Waals surface area (Å²) < 4.78 is 10.6. The molecular weight excluding hydrogens is 393 g/mol. The summed E-state index contributed by atoms with van der Waals surface area (Å²) >= 11 is 0. The Kier molecular flexibility index (Phi) is 11.9. The van der Waals surface area contributed by atoms with Crippen molar-refractivity contribution in [1.82, 2.24) is 10.6 Å². The van der Waals surface area contributed by atoms with Gasteiger partial charge in [0.05, 0.1) is 19.8 Å². The first-order valence-corrected chi connectivity index (χ1v) is 7.44. The van der Waals surface area contributed by atoms with Gasteiger partial charge in [0.1, 0.15) is 5.75 Å². The Morgan fingerprint density at radius 1 is 1.23 bits per heavy atom. The van der Waals surface area contributed by atoms with Crippen LogP contribution in [0.4, 0.5) is 0 Å². The second kappa shape index (κ2) is 12.5. The Morgan fingerprint density at radius 2 is 2.00 bits per heavy atom. The fourth-order valence-corrected chi connectivity index (χ4v) is 1.91. The fourth-order valence-electron chi connectivity index (χ4n) is 1.91. The van der Waals surface area contributed by atoms with Crippen LogP contribution >= 0.6 is 24.0 Å². The van der Waals surface area contributed by atoms with Crippen LogP contribution in [0.2, 0.25) is 0 Å². The van der Waals surface area contributed by atoms with Gasteiger partial charge in [-0.3, -0.25) is 0 Å². The third-order valence-corrected chi connectivity index (χ3v) is 2.90. The molecule has 0 aliphatic rings. The van der Waals surface area contributed by atoms with Crippen LogP contribution in [0.5, 0.6) is 5.75 Å². The maximum absolute atomic E-state index is 5.55. The lowest BCUT2D eigenvalue weighted by molar-refractivity contribution is 0.203. The number of hydrogen-bond donors (Lipinski definition) is 2. The molecule has 0 spiro atoms. The summed E-state index contributed by atoms with van der Waals surface area (Å²) in [6, 6.07) is 6.18. The zero-order valence-electron chi connectivity index (χ0n) is 13.9. The van der Waals surface area contributed by atoms with E-state index in [4.69, 9.17) is 9.47 Å². The SMILES string of the molecule is CCNC(=NCc1ccc(OCC)c(C)c1)NCCOC.I. The molecule has 6 heteroatoms. The molecule has 126 valence electrons. The quantitative estimate of drug-likeness (QED) is 0.293. The van der Waals surface area contributed by atoms with Crippen molar-refractivity contribution in [3.05, 3.63) is 29.3 Å². The van der Waals surface area contributed by atoms with Crippen LogP contribution in [0.25, 0.3) is 0 Å². The Morgan fingerprint density at radius 3 is 2.59 bits per heavy atom. The van der Waals surface area contributed by atoms with E-state index in [1.807, 2.05) is 13.0 Å². The van der Waals surface area contributed by atoms with Gasteiger partial charge in [-0.2, -0.15) is 0 Å². The van der Waals surface area contributed by atoms with E-state index in [1.165, 1.54) is 5.56 Å². The van der Waals surface area contributed by atoms with Crippen LogP contribution in [-0.2, 0) is 11.3 Å². The molecule has 0 radical (unpaired) electrons. The Labute approximate surface area is 150 Å². The molecule has 0 atom stereocenters. The van der Waals surface area contributed by atoms with E-state index in [-0.39, 0.29) is 24.0 Å². The summed E-state index contributed by atoms with van der Waals surface area (Å²) in [6.45, 7) is 9.65. The van der Waals surface area contributed by atoms with Crippen molar-refractivity contribution >= 4 is 29.9 Å². The molecule has 2 N–H and O–H groups in total. The second-order valence-electron chi connectivity index (χ2n) is 4.65. The normalized spacial score (nSPS) is 10.8. The van der Waals surface area contributed by atoms with Crippen LogP contribution in [-0.4, -0.2) is 39.4 Å². The van der Waals surface area contributed by atoms with Gasteiger partial charge >= 0.3 is 0 Å². The largest absolute Gasteiger partial charge is 0.494 e. The molecule has 0 amide bonds. The van der Waals surface area contributed by atoms with Gasteiger partial charge in [-0.1, -0.05) is 12.1 Å². The molecule has 5 nitrogen and oxygen atoms in total. The minimum absolute atomic E-state index is 0. The summed E-state index contributed by atoms with van der Waals surface area (Å²) in [6.07, 6.45) is 0. The lowest BCUT2D eigenvalue weighted by Gasteiger charge is -2.11. The molecule has 0 saturated carbocycles. The highest BCUT2D eigenvalue weighted by Crippen LogP contribution is 2.19. The first-order chi connectivity index (χ1) is 10.2. The van der Waals surface area contributed by atoms with Crippen molar-refractivity contribution in [2.45, 2.75) is 27.3 Å². The first-order valence-electron chi connectivity index (χ1n) is 7.44. The van der Waals surface area contributed by atoms with Crippen LogP contribution in [0, 0.1) is 6.92 Å². The zero-order chi connectivity index (χ0) is 15.5. The van der Waals surface area contributed by atoms with Crippen LogP contribution in [0.3, 0.4) is 0 Å². The highest BCUT2D eigenvalue weighted by Gasteiger charge is 2.01. The smallest absolute Gasteiger partial charge is 0.191 e. The predicted molar refractivity (Wildman–Crippen MR) is 102 cm³/mol. The van der Waals surface area contributed by atoms with E-state index in [1.54, 1.807) is 7.11 Å². The van der Waals surface area contributed by atoms with E-state index in [9.17, 15) is 0 Å². The van der Waals surface area contributed by atoms with Crippen molar-refractivity contribution in [3.63, 3.8) is 0 Å². The molecule has 22 heavy (non-hydrogen) atoms. The minimum Gasteiger partial charge on any atom is -0.494 e. The van der Waals surface area contributed by atoms with Crippen LogP contribution in [0.1, 0.15) is 25.0 Å². The average molecular weight is 421 g/mol. The molecule has 1 rings (SSSR count). The predicted octanol–water partition coefficient (Wildman–Crippen LogP) is 2.71. The number of guanidine groups is 1. The molecule has 0 fully saturated rings. The molecule has 0 aliphatic carbocycles. The average Bonchev–Trinajstić information content (AvgIpc) is 2.47. The van der Waals surface area contributed by atoms with Crippen molar-refractivity contribution in [2.24, 2.45) is 4.99 Å². The zero-order valence-corrected chi connectivity index (χ0v) is 16.3. The number of nitrogens with one attached hydrogen (secondary N) is 2. The summed E-state index contributed by atoms with van der Waals surface area (Å²) in [7, 11) is 1.69. The van der Waals surface area contributed by atoms with Gasteiger partial charge in [0.2, 0.25) is 0 Å². The number of ether oxygens (including phenoxy) is 2. The number of aryl methyl sites for hydroxylation is 1. The molecule has 1 aromatic rings. The third-order valence-electron chi connectivity index (χ3n) is 2.90. The van der Waals surface area contributed by atoms with Gasteiger partial charge < -0.3 is 20.1 Å². The number of aliphatic imine (C=N–C) groups is 1. The maximum Gasteiger partial charge on any atom is 0.191 e. The van der Waals surface area contributed by atoms with Gasteiger partial charge in [-0.15, -0.1) is 24.0 Å². The monoisotopic (exact) mass is 421 g/mol. The maximum atomic E-state index is 5.55. The lowest BCUT2D eigenvalue weighted by Crippen LogP contribution is -2.38. The van der Waals surface area contributed by atoms with Gasteiger partial charge in [-0.25, -0.2) is 4.99 Å². The van der Waals surface area contributed by atoms with E-state index < -0.39 is 0 Å². The number of rotatable bonds is 8. The molecule has 0 heterocycles. The standard InChI is InChI=1S/C16H27N3O2.HI/c1-5-17-16(18-9-10-20-4)19-12-14-7-8-15(21-6-2)13(3)11-14;/h7-8,11H,5-6,9-10,12H2,1-4H3,(H2,17,18,19);1H. The van der Waals surface area contributed by atoms with Crippen LogP contribution in [0.15, 0.2) is 23.2 Å². The van der Waals surface area contributed by atoms with E-state index in [2.05, 4.69) is 41.6 Å². The molecule has 0 aliphatic heterocycles. The number of nitrogens with zero attached hydrogens (tertiary/aromatic N) is 1. The van der Waals surface area contributed by atoms with E-state index in [0.29, 0.717) is 19.8 Å². The summed E-state index contributed by atoms with van der Waals surface area (Å²) in [5.74, 6) is 1.75. The second-order valence-corrected chi connectivity index (χ2v) is 4.65. The number of methoxy groups -OCH3 is 1. The third kappa shape index (κ3) is 7.84. The minimum atomic E-state index is 0. The molecule has 1 aromatic carbocycles. The number of hydrogen-bond acceptors (Lipinski definition) is 3. The summed E-state index contributed by atoms with van der Waals surface area (Å²) in [4.78, 5) is 4.57. The molecule has 0 bridgehead atoms. The molecular formula is C16H28IN3O2. The highest BCUT2D eigenvalue weighted by molar-refractivity contribution is 14.0. The van der Waals surface area contributed by atoms with Crippen LogP contribution < -0.4 is 15.4 Å². The van der Waals surface area contributed by atoms with Crippen molar-refractivity contribution in [2.75, 3.05) is 33.4 Å². The molecule has 0 aromatic heterocycles. The van der Waals surface area contributed by atoms with Gasteiger partial charge in [0.15, 0.2) is 5.96 Å². The Hall–Kier alpha value is -1.02. The number of halogens is 1. The fraction of sp³-hybridized carbons (Fsp3) is 0.562. The summed E-state index contributed by atoms with van der Waals surface area (Å²) in [5, 5.41) is 6.44. The highest BCUT2D eigenvalue weighted by atomic mass is 127. The first kappa shape index (κ1) is 21.0. The van der Waals surface area contributed by atoms with Gasteiger partial charge in [-0.05, 0) is 38.0 Å². The van der Waals surface area contributed by atoms with Gasteiger partial charge in [0, 0.05) is 20.2 Å². The van der Waals surface area contributed by atoms with E-state index in [0.717, 1.165) is 30.4 Å². The van der Waals surface area contributed by atoms with Crippen molar-refractivity contribution in [3.8, 4) is 5.75 Å². The Balaban J connectivity index is 0.00000441. The summed E-state index contributed by atoms with van der Waals surface area (Å²) in [5.41, 5.74) is 2.31. The molecule has 0 saturated heterocycles.